The average Bonchev–Trinajstić information content (AvgIpc) is 2.78. The van der Waals surface area contributed by atoms with Crippen molar-refractivity contribution in [2.75, 3.05) is 12.8 Å². The third-order valence-electron chi connectivity index (χ3n) is 2.77. The van der Waals surface area contributed by atoms with Crippen LogP contribution in [-0.4, -0.2) is 33.6 Å². The molecule has 22 heavy (non-hydrogen) atoms. The molecule has 0 aliphatic rings. The number of methoxy groups -OCH3 is 1. The zero-order valence-electron chi connectivity index (χ0n) is 13.4. The monoisotopic (exact) mass is 304 g/mol. The highest BCUT2D eigenvalue weighted by Crippen LogP contribution is 2.28. The van der Waals surface area contributed by atoms with Gasteiger partial charge in [0, 0.05) is 11.8 Å². The Morgan fingerprint density at radius 2 is 2.00 bits per heavy atom. The number of rotatable bonds is 2. The second-order valence-electron chi connectivity index (χ2n) is 5.86. The minimum Gasteiger partial charge on any atom is -0.480 e. The summed E-state index contributed by atoms with van der Waals surface area (Å²) in [6.07, 6.45) is -0.629. The van der Waals surface area contributed by atoms with Gasteiger partial charge in [-0.2, -0.15) is 5.10 Å². The van der Waals surface area contributed by atoms with Gasteiger partial charge in [0.1, 0.15) is 17.1 Å². The van der Waals surface area contributed by atoms with E-state index in [0.29, 0.717) is 17.1 Å². The number of carbonyl (C=O) groups is 1. The molecule has 2 rings (SSSR count). The van der Waals surface area contributed by atoms with Gasteiger partial charge in [-0.1, -0.05) is 0 Å². The highest BCUT2D eigenvalue weighted by atomic mass is 16.6. The smallest absolute Gasteiger partial charge is 0.437 e. The van der Waals surface area contributed by atoms with Gasteiger partial charge in [-0.05, 0) is 39.8 Å². The Bertz CT molecular complexity index is 701. The van der Waals surface area contributed by atoms with E-state index < -0.39 is 11.7 Å². The fraction of sp³-hybridized carbons (Fsp3) is 0.400. The van der Waals surface area contributed by atoms with E-state index in [-0.39, 0.29) is 5.82 Å². The predicted molar refractivity (Wildman–Crippen MR) is 82.8 cm³/mol. The zero-order chi connectivity index (χ0) is 16.5. The minimum absolute atomic E-state index is 0.187. The molecule has 2 heterocycles. The highest BCUT2D eigenvalue weighted by Gasteiger charge is 2.22. The lowest BCUT2D eigenvalue weighted by Crippen LogP contribution is -2.28. The van der Waals surface area contributed by atoms with Crippen LogP contribution in [0.3, 0.4) is 0 Å². The van der Waals surface area contributed by atoms with Gasteiger partial charge in [-0.3, -0.25) is 0 Å². The number of ether oxygens (including phenoxy) is 2. The van der Waals surface area contributed by atoms with Crippen molar-refractivity contribution < 1.29 is 14.3 Å². The summed E-state index contributed by atoms with van der Waals surface area (Å²) in [6.45, 7) is 7.19. The minimum atomic E-state index is -0.629. The molecule has 0 aliphatic carbocycles. The number of aryl methyl sites for hydroxylation is 1. The molecule has 2 aromatic heterocycles. The lowest BCUT2D eigenvalue weighted by Gasteiger charge is -2.19. The molecular formula is C15H20N4O3. The van der Waals surface area contributed by atoms with E-state index in [2.05, 4.69) is 10.1 Å². The second-order valence-corrected chi connectivity index (χ2v) is 5.86. The Kier molecular flexibility index (Phi) is 4.07. The van der Waals surface area contributed by atoms with E-state index in [0.717, 1.165) is 10.4 Å². The van der Waals surface area contributed by atoms with Gasteiger partial charge >= 0.3 is 6.09 Å². The number of nitrogen functional groups attached to an aromatic ring is 1. The molecule has 0 amide bonds. The topological polar surface area (TPSA) is 92.3 Å². The van der Waals surface area contributed by atoms with E-state index in [1.165, 1.54) is 7.11 Å². The molecule has 2 aromatic rings. The normalized spacial score (nSPS) is 11.3. The Morgan fingerprint density at radius 3 is 2.59 bits per heavy atom. The average molecular weight is 304 g/mol. The fourth-order valence-corrected chi connectivity index (χ4v) is 1.86. The third-order valence-corrected chi connectivity index (χ3v) is 2.77. The van der Waals surface area contributed by atoms with Crippen LogP contribution in [0.15, 0.2) is 18.2 Å². The number of nitrogens with zero attached hydrogens (tertiary/aromatic N) is 3. The Labute approximate surface area is 129 Å². The summed E-state index contributed by atoms with van der Waals surface area (Å²) < 4.78 is 11.5. The van der Waals surface area contributed by atoms with Crippen LogP contribution in [0.25, 0.3) is 11.3 Å². The van der Waals surface area contributed by atoms with Crippen molar-refractivity contribution in [2.24, 2.45) is 0 Å². The maximum absolute atomic E-state index is 12.1. The number of hydrogen-bond donors (Lipinski definition) is 1. The maximum atomic E-state index is 12.1. The Morgan fingerprint density at radius 1 is 1.32 bits per heavy atom. The summed E-state index contributed by atoms with van der Waals surface area (Å²) >= 11 is 0. The van der Waals surface area contributed by atoms with E-state index in [4.69, 9.17) is 15.2 Å². The van der Waals surface area contributed by atoms with Gasteiger partial charge in [0.05, 0.1) is 12.7 Å². The van der Waals surface area contributed by atoms with Crippen molar-refractivity contribution in [1.82, 2.24) is 14.8 Å². The van der Waals surface area contributed by atoms with Gasteiger partial charge in [-0.25, -0.2) is 9.78 Å². The van der Waals surface area contributed by atoms with Gasteiger partial charge in [-0.15, -0.1) is 4.68 Å². The van der Waals surface area contributed by atoms with Crippen molar-refractivity contribution in [3.63, 3.8) is 0 Å². The molecule has 0 fully saturated rings. The number of aromatic nitrogens is 3. The first-order chi connectivity index (χ1) is 10.2. The molecule has 0 saturated carbocycles. The van der Waals surface area contributed by atoms with Crippen LogP contribution in [0.4, 0.5) is 10.6 Å². The van der Waals surface area contributed by atoms with E-state index in [1.807, 2.05) is 19.1 Å². The first-order valence-electron chi connectivity index (χ1n) is 6.82. The van der Waals surface area contributed by atoms with Crippen molar-refractivity contribution in [3.05, 3.63) is 23.9 Å². The Balaban J connectivity index is 2.40. The summed E-state index contributed by atoms with van der Waals surface area (Å²) in [5, 5.41) is 4.20. The van der Waals surface area contributed by atoms with Crippen LogP contribution in [-0.2, 0) is 4.74 Å². The summed E-state index contributed by atoms with van der Waals surface area (Å²) in [4.78, 5) is 16.4. The molecule has 0 bridgehead atoms. The van der Waals surface area contributed by atoms with Crippen LogP contribution in [0.5, 0.6) is 5.88 Å². The van der Waals surface area contributed by atoms with E-state index in [9.17, 15) is 4.79 Å². The summed E-state index contributed by atoms with van der Waals surface area (Å²) in [5.74, 6) is 0.612. The summed E-state index contributed by atoms with van der Waals surface area (Å²) in [5.41, 5.74) is 7.20. The fourth-order valence-electron chi connectivity index (χ4n) is 1.86. The lowest BCUT2D eigenvalue weighted by atomic mass is 10.2. The van der Waals surface area contributed by atoms with Gasteiger partial charge < -0.3 is 15.2 Å². The van der Waals surface area contributed by atoms with E-state index in [1.54, 1.807) is 26.8 Å². The third kappa shape index (κ3) is 3.36. The Hall–Kier alpha value is -2.57. The first kappa shape index (κ1) is 15.8. The number of hydrogen-bond acceptors (Lipinski definition) is 6. The second kappa shape index (κ2) is 5.67. The number of pyridine rings is 1. The van der Waals surface area contributed by atoms with Crippen LogP contribution in [0.2, 0.25) is 0 Å². The summed E-state index contributed by atoms with van der Waals surface area (Å²) in [6, 6.07) is 5.24. The molecular weight excluding hydrogens is 284 g/mol. The van der Waals surface area contributed by atoms with Gasteiger partial charge in [0.15, 0.2) is 0 Å². The SMILES string of the molecule is COc1nc(C)ccc1-c1cc(N)n(C(=O)OC(C)(C)C)n1. The maximum Gasteiger partial charge on any atom is 0.437 e. The zero-order valence-corrected chi connectivity index (χ0v) is 13.4. The number of nitrogens with two attached hydrogens (primary N) is 1. The molecule has 7 heteroatoms. The molecule has 0 spiro atoms. The van der Waals surface area contributed by atoms with Crippen LogP contribution >= 0.6 is 0 Å². The number of carbonyl (C=O) groups excluding carboxylic acids is 1. The molecule has 0 radical (unpaired) electrons. The lowest BCUT2D eigenvalue weighted by molar-refractivity contribution is 0.0519. The quantitative estimate of drug-likeness (QED) is 0.917. The molecule has 7 nitrogen and oxygen atoms in total. The molecule has 0 aliphatic heterocycles. The largest absolute Gasteiger partial charge is 0.480 e. The molecule has 0 atom stereocenters. The van der Waals surface area contributed by atoms with Gasteiger partial charge in [0.2, 0.25) is 5.88 Å². The molecule has 2 N–H and O–H groups in total. The van der Waals surface area contributed by atoms with Crippen LogP contribution in [0.1, 0.15) is 26.5 Å². The van der Waals surface area contributed by atoms with E-state index >= 15 is 0 Å². The molecule has 0 saturated heterocycles. The highest BCUT2D eigenvalue weighted by molar-refractivity contribution is 5.77. The first-order valence-corrected chi connectivity index (χ1v) is 6.82. The van der Waals surface area contributed by atoms with Crippen LogP contribution < -0.4 is 10.5 Å². The van der Waals surface area contributed by atoms with Gasteiger partial charge in [0.25, 0.3) is 0 Å². The van der Waals surface area contributed by atoms with Crippen LogP contribution in [0, 0.1) is 6.92 Å². The number of anilines is 1. The molecule has 118 valence electrons. The molecule has 0 aromatic carbocycles. The molecule has 0 unspecified atom stereocenters. The van der Waals surface area contributed by atoms with Crippen molar-refractivity contribution in [2.45, 2.75) is 33.3 Å². The van der Waals surface area contributed by atoms with Crippen molar-refractivity contribution in [3.8, 4) is 17.1 Å². The van der Waals surface area contributed by atoms with Crippen molar-refractivity contribution >= 4 is 11.9 Å². The van der Waals surface area contributed by atoms with Crippen molar-refractivity contribution in [1.29, 1.82) is 0 Å². The predicted octanol–water partition coefficient (Wildman–Crippen LogP) is 2.63. The standard InChI is InChI=1S/C15H20N4O3/c1-9-6-7-10(13(17-9)21-5)11-8-12(16)19(18-11)14(20)22-15(2,3)4/h6-8H,16H2,1-5H3. The summed E-state index contributed by atoms with van der Waals surface area (Å²) in [7, 11) is 1.53.